The molecule has 0 bridgehead atoms. The molecule has 0 radical (unpaired) electrons. The first kappa shape index (κ1) is 32.4. The Morgan fingerprint density at radius 2 is 1.64 bits per heavy atom. The van der Waals surface area contributed by atoms with Gasteiger partial charge >= 0.3 is 17.9 Å². The van der Waals surface area contributed by atoms with E-state index in [9.17, 15) is 29.4 Å². The summed E-state index contributed by atoms with van der Waals surface area (Å²) in [7, 11) is 0. The Hall–Kier alpha value is -2.48. The van der Waals surface area contributed by atoms with Crippen LogP contribution in [0.15, 0.2) is 22.8 Å². The molecule has 0 aromatic carbocycles. The van der Waals surface area contributed by atoms with Gasteiger partial charge in [0.05, 0.1) is 6.10 Å². The lowest BCUT2D eigenvalue weighted by molar-refractivity contribution is -0.156. The average molecular weight is 587 g/mol. The van der Waals surface area contributed by atoms with Crippen LogP contribution in [-0.4, -0.2) is 52.2 Å². The van der Waals surface area contributed by atoms with Crippen molar-refractivity contribution in [2.45, 2.75) is 126 Å². The molecule has 9 atom stereocenters. The zero-order chi connectivity index (χ0) is 31.6. The number of carbonyl (C=O) groups is 4. The first-order chi connectivity index (χ1) is 19.3. The van der Waals surface area contributed by atoms with Gasteiger partial charge in [0.2, 0.25) is 0 Å². The minimum atomic E-state index is -1.02. The third-order valence-corrected chi connectivity index (χ3v) is 12.4. The summed E-state index contributed by atoms with van der Waals surface area (Å²) in [5.41, 5.74) is 0.557. The summed E-state index contributed by atoms with van der Waals surface area (Å²) in [6, 6.07) is 0. The quantitative estimate of drug-likeness (QED) is 0.218. The van der Waals surface area contributed by atoms with Crippen LogP contribution in [0.2, 0.25) is 0 Å². The van der Waals surface area contributed by atoms with Gasteiger partial charge < -0.3 is 19.7 Å². The van der Waals surface area contributed by atoms with Gasteiger partial charge in [0.15, 0.2) is 0 Å². The Labute approximate surface area is 250 Å². The molecule has 4 aliphatic rings. The van der Waals surface area contributed by atoms with Crippen LogP contribution in [-0.2, 0) is 28.7 Å². The maximum Gasteiger partial charge on any atom is 0.330 e. The van der Waals surface area contributed by atoms with Gasteiger partial charge in [-0.25, -0.2) is 4.79 Å². The van der Waals surface area contributed by atoms with E-state index < -0.39 is 46.5 Å². The number of aliphatic hydroxyl groups excluding tert-OH is 1. The highest BCUT2D eigenvalue weighted by Gasteiger charge is 2.69. The van der Waals surface area contributed by atoms with Gasteiger partial charge in [0.25, 0.3) is 0 Å². The number of aliphatic hydroxyl groups is 1. The molecule has 2 fully saturated rings. The van der Waals surface area contributed by atoms with E-state index in [0.717, 1.165) is 24.8 Å². The number of carboxylic acids is 1. The van der Waals surface area contributed by atoms with E-state index >= 15 is 0 Å². The molecule has 2 saturated carbocycles. The van der Waals surface area contributed by atoms with Crippen LogP contribution in [0, 0.1) is 39.4 Å². The topological polar surface area (TPSA) is 127 Å². The second kappa shape index (κ2) is 10.9. The molecule has 0 aromatic heterocycles. The zero-order valence-corrected chi connectivity index (χ0v) is 26.8. The lowest BCUT2D eigenvalue weighted by Crippen LogP contribution is -2.58. The van der Waals surface area contributed by atoms with Crippen LogP contribution >= 0.6 is 0 Å². The number of hydrogen-bond acceptors (Lipinski definition) is 7. The maximum absolute atomic E-state index is 13.0. The number of aliphatic carboxylic acids is 1. The number of ketones is 1. The number of carbonyl (C=O) groups excluding carboxylic acids is 3. The smallest absolute Gasteiger partial charge is 0.330 e. The number of allylic oxidation sites excluding steroid dienone is 1. The van der Waals surface area contributed by atoms with Crippen LogP contribution in [0.3, 0.4) is 0 Å². The molecule has 4 rings (SSSR count). The molecule has 0 aliphatic heterocycles. The Morgan fingerprint density at radius 3 is 2.21 bits per heavy atom. The van der Waals surface area contributed by atoms with E-state index in [2.05, 4.69) is 20.8 Å². The molecular formula is C34H50O8. The zero-order valence-electron chi connectivity index (χ0n) is 26.8. The van der Waals surface area contributed by atoms with Crippen molar-refractivity contribution in [3.05, 3.63) is 22.8 Å². The Balaban J connectivity index is 1.83. The highest BCUT2D eigenvalue weighted by molar-refractivity contribution is 5.86. The number of ether oxygens (including phenoxy) is 2. The van der Waals surface area contributed by atoms with Gasteiger partial charge in [0.1, 0.15) is 18.0 Å². The van der Waals surface area contributed by atoms with Gasteiger partial charge in [0, 0.05) is 43.1 Å². The average Bonchev–Trinajstić information content (AvgIpc) is 3.11. The molecule has 0 saturated heterocycles. The number of Topliss-reactive ketones (excluding diaryl/α,β-unsaturated/α-hetero) is 1. The van der Waals surface area contributed by atoms with E-state index in [0.29, 0.717) is 19.3 Å². The van der Waals surface area contributed by atoms with Crippen LogP contribution < -0.4 is 0 Å². The van der Waals surface area contributed by atoms with Crippen molar-refractivity contribution < 1.29 is 38.9 Å². The Morgan fingerprint density at radius 1 is 1.00 bits per heavy atom. The summed E-state index contributed by atoms with van der Waals surface area (Å²) in [5.74, 6) is -1.75. The van der Waals surface area contributed by atoms with Gasteiger partial charge in [-0.05, 0) is 73.2 Å². The summed E-state index contributed by atoms with van der Waals surface area (Å²) in [6.45, 7) is 17.0. The third kappa shape index (κ3) is 4.86. The lowest BCUT2D eigenvalue weighted by atomic mass is 9.42. The van der Waals surface area contributed by atoms with Crippen molar-refractivity contribution in [3.63, 3.8) is 0 Å². The highest BCUT2D eigenvalue weighted by atomic mass is 16.5. The molecule has 0 unspecified atom stereocenters. The van der Waals surface area contributed by atoms with E-state index in [1.807, 2.05) is 20.8 Å². The first-order valence-electron chi connectivity index (χ1n) is 15.5. The molecule has 0 amide bonds. The molecule has 234 valence electrons. The Bertz CT molecular complexity index is 1230. The van der Waals surface area contributed by atoms with E-state index in [4.69, 9.17) is 9.47 Å². The van der Waals surface area contributed by atoms with Gasteiger partial charge in [-0.15, -0.1) is 0 Å². The minimum absolute atomic E-state index is 0.0221. The number of fused-ring (bicyclic) bond motifs is 4. The summed E-state index contributed by atoms with van der Waals surface area (Å²) in [6.07, 6.45) is 3.94. The summed E-state index contributed by atoms with van der Waals surface area (Å²) < 4.78 is 11.9. The monoisotopic (exact) mass is 586 g/mol. The number of hydrogen-bond donors (Lipinski definition) is 2. The third-order valence-electron chi connectivity index (χ3n) is 12.4. The predicted octanol–water partition coefficient (Wildman–Crippen LogP) is 5.81. The highest BCUT2D eigenvalue weighted by Crippen LogP contribution is 2.72. The van der Waals surface area contributed by atoms with Gasteiger partial charge in [-0.1, -0.05) is 53.2 Å². The number of esters is 2. The van der Waals surface area contributed by atoms with E-state index in [1.165, 1.54) is 26.3 Å². The van der Waals surface area contributed by atoms with Crippen molar-refractivity contribution in [2.24, 2.45) is 39.4 Å². The van der Waals surface area contributed by atoms with Crippen LogP contribution in [0.5, 0.6) is 0 Å². The normalized spacial score (nSPS) is 39.0. The molecule has 42 heavy (non-hydrogen) atoms. The second-order valence-electron chi connectivity index (χ2n) is 14.8. The predicted molar refractivity (Wildman–Crippen MR) is 157 cm³/mol. The van der Waals surface area contributed by atoms with Crippen LogP contribution in [0.4, 0.5) is 0 Å². The van der Waals surface area contributed by atoms with Gasteiger partial charge in [-0.2, -0.15) is 0 Å². The van der Waals surface area contributed by atoms with E-state index in [1.54, 1.807) is 6.08 Å². The van der Waals surface area contributed by atoms with Crippen molar-refractivity contribution in [1.82, 2.24) is 0 Å². The SMILES string of the molecule is CC(=O)O[C@@H](C/C=C(\C)C(=O)O)[C@@H](C)[C@H]1C[C@H](OC(C)=O)[C@@]2(C)C3=C(CC[C@]12C)[C@@]1(C)CCC(=O)C(C)(C)[C@@H]1C[C@H]3O. The van der Waals surface area contributed by atoms with Crippen molar-refractivity contribution in [1.29, 1.82) is 0 Å². The second-order valence-corrected chi connectivity index (χ2v) is 14.8. The molecule has 0 heterocycles. The standard InChI is InChI=1S/C34H50O8/c1-18(30(39)40)10-11-25(41-20(3)35)19(2)23-16-28(42-21(4)36)34(9)29-22(12-15-33(23,34)8)32(7)14-13-27(38)31(5,6)26(32)17-24(29)37/h10,19,23-26,28,37H,11-17H2,1-9H3,(H,39,40)/b18-10+/t19-,23+,24+,25-,26-,28-,32+,33+,34-/m0/s1. The molecule has 8 heteroatoms. The molecule has 0 spiro atoms. The Kier molecular flexibility index (Phi) is 8.42. The molecule has 2 N–H and O–H groups in total. The summed E-state index contributed by atoms with van der Waals surface area (Å²) in [4.78, 5) is 49.1. The first-order valence-corrected chi connectivity index (χ1v) is 15.5. The van der Waals surface area contributed by atoms with E-state index in [-0.39, 0.29) is 46.9 Å². The summed E-state index contributed by atoms with van der Waals surface area (Å²) in [5, 5.41) is 21.4. The lowest BCUT2D eigenvalue weighted by Gasteiger charge is -2.62. The van der Waals surface area contributed by atoms with Crippen molar-refractivity contribution in [3.8, 4) is 0 Å². The fourth-order valence-corrected chi connectivity index (χ4v) is 9.88. The fraction of sp³-hybridized carbons (Fsp3) is 0.765. The van der Waals surface area contributed by atoms with Crippen molar-refractivity contribution in [2.75, 3.05) is 0 Å². The fourth-order valence-electron chi connectivity index (χ4n) is 9.88. The molecular weight excluding hydrogens is 536 g/mol. The molecule has 8 nitrogen and oxygen atoms in total. The molecule has 4 aliphatic carbocycles. The largest absolute Gasteiger partial charge is 0.478 e. The maximum atomic E-state index is 13.0. The molecule has 0 aromatic rings. The van der Waals surface area contributed by atoms with Crippen LogP contribution in [0.1, 0.15) is 107 Å². The number of carboxylic acid groups (broad SMARTS) is 1. The number of rotatable bonds is 7. The summed E-state index contributed by atoms with van der Waals surface area (Å²) >= 11 is 0. The van der Waals surface area contributed by atoms with Crippen molar-refractivity contribution >= 4 is 23.7 Å². The van der Waals surface area contributed by atoms with Gasteiger partial charge in [-0.3, -0.25) is 14.4 Å². The van der Waals surface area contributed by atoms with Crippen LogP contribution in [0.25, 0.3) is 0 Å². The minimum Gasteiger partial charge on any atom is -0.478 e.